The number of benzene rings is 2. The Kier molecular flexibility index (Phi) is 7.03. The van der Waals surface area contributed by atoms with Gasteiger partial charge in [-0.3, -0.25) is 4.79 Å². The summed E-state index contributed by atoms with van der Waals surface area (Å²) in [6.07, 6.45) is 3.48. The lowest BCUT2D eigenvalue weighted by Crippen LogP contribution is -2.34. The van der Waals surface area contributed by atoms with Crippen molar-refractivity contribution >= 4 is 34.8 Å². The summed E-state index contributed by atoms with van der Waals surface area (Å²) in [5, 5.41) is 4.19. The van der Waals surface area contributed by atoms with Crippen LogP contribution in [0.5, 0.6) is 0 Å². The van der Waals surface area contributed by atoms with Crippen LogP contribution in [0.3, 0.4) is 0 Å². The zero-order valence-electron chi connectivity index (χ0n) is 15.7. The number of nitrogens with zero attached hydrogens (tertiary/aromatic N) is 1. The number of hydrogen-bond donors (Lipinski definition) is 1. The Morgan fingerprint density at radius 2 is 1.85 bits per heavy atom. The minimum atomic E-state index is -0.0000757. The smallest absolute Gasteiger partial charge is 0.220 e. The van der Waals surface area contributed by atoms with Gasteiger partial charge in [0.2, 0.25) is 5.91 Å². The second-order valence-electron chi connectivity index (χ2n) is 7.34. The number of halogens is 2. The Bertz CT molecular complexity index is 756. The lowest BCUT2D eigenvalue weighted by Gasteiger charge is -2.32. The monoisotopic (exact) mass is 404 g/mol. The number of anilines is 1. The summed E-state index contributed by atoms with van der Waals surface area (Å²) in [4.78, 5) is 14.6. The van der Waals surface area contributed by atoms with Crippen LogP contribution in [0.2, 0.25) is 10.0 Å². The van der Waals surface area contributed by atoms with E-state index in [2.05, 4.69) is 41.4 Å². The van der Waals surface area contributed by atoms with Gasteiger partial charge < -0.3 is 10.2 Å². The van der Waals surface area contributed by atoms with Crippen LogP contribution in [0.4, 0.5) is 5.69 Å². The van der Waals surface area contributed by atoms with Crippen molar-refractivity contribution in [3.8, 4) is 0 Å². The first-order valence-corrected chi connectivity index (χ1v) is 10.3. The van der Waals surface area contributed by atoms with Crippen LogP contribution in [0, 0.1) is 5.92 Å². The molecule has 2 aromatic carbocycles. The molecule has 1 saturated heterocycles. The number of piperidine rings is 1. The molecule has 0 unspecified atom stereocenters. The highest BCUT2D eigenvalue weighted by molar-refractivity contribution is 6.36. The summed E-state index contributed by atoms with van der Waals surface area (Å²) in [6, 6.07) is 13.9. The van der Waals surface area contributed by atoms with Crippen molar-refractivity contribution < 1.29 is 4.79 Å². The average Bonchev–Trinajstić information content (AvgIpc) is 2.66. The zero-order valence-corrected chi connectivity index (χ0v) is 17.2. The Hall–Kier alpha value is -1.71. The summed E-state index contributed by atoms with van der Waals surface area (Å²) in [7, 11) is 0. The maximum absolute atomic E-state index is 12.2. The fourth-order valence-electron chi connectivity index (χ4n) is 3.55. The fourth-order valence-corrected chi connectivity index (χ4v) is 4.13. The Morgan fingerprint density at radius 1 is 1.15 bits per heavy atom. The van der Waals surface area contributed by atoms with Crippen LogP contribution in [0.15, 0.2) is 42.5 Å². The molecule has 0 radical (unpaired) electrons. The van der Waals surface area contributed by atoms with Crippen molar-refractivity contribution in [1.29, 1.82) is 0 Å². The summed E-state index contributed by atoms with van der Waals surface area (Å²) < 4.78 is 0. The summed E-state index contributed by atoms with van der Waals surface area (Å²) in [6.45, 7) is 5.10. The number of rotatable bonds is 6. The largest absolute Gasteiger partial charge is 0.371 e. The molecule has 5 heteroatoms. The van der Waals surface area contributed by atoms with E-state index in [0.29, 0.717) is 29.4 Å². The van der Waals surface area contributed by atoms with Gasteiger partial charge >= 0.3 is 0 Å². The summed E-state index contributed by atoms with van der Waals surface area (Å²) in [5.41, 5.74) is 3.20. The Balaban J connectivity index is 1.47. The van der Waals surface area contributed by atoms with Gasteiger partial charge in [0.1, 0.15) is 0 Å². The number of carbonyl (C=O) groups excluding carboxylic acids is 1. The topological polar surface area (TPSA) is 32.3 Å². The van der Waals surface area contributed by atoms with Gasteiger partial charge in [-0.15, -0.1) is 0 Å². The molecular formula is C22H26Cl2N2O. The number of carbonyl (C=O) groups is 1. The molecule has 3 nitrogen and oxygen atoms in total. The first-order valence-electron chi connectivity index (χ1n) is 9.56. The van der Waals surface area contributed by atoms with Crippen LogP contribution < -0.4 is 10.2 Å². The van der Waals surface area contributed by atoms with Crippen molar-refractivity contribution in [2.75, 3.05) is 18.0 Å². The van der Waals surface area contributed by atoms with E-state index in [4.69, 9.17) is 23.2 Å². The summed E-state index contributed by atoms with van der Waals surface area (Å²) in [5.74, 6) is 0.754. The zero-order chi connectivity index (χ0) is 19.2. The van der Waals surface area contributed by atoms with Gasteiger partial charge in [-0.1, -0.05) is 48.3 Å². The Morgan fingerprint density at radius 3 is 2.52 bits per heavy atom. The number of amides is 1. The molecule has 1 aliphatic rings. The lowest BCUT2D eigenvalue weighted by molar-refractivity contribution is -0.121. The molecule has 0 spiro atoms. The normalized spacial score (nSPS) is 17.0. The van der Waals surface area contributed by atoms with Gasteiger partial charge in [0.05, 0.1) is 0 Å². The molecule has 0 aliphatic carbocycles. The van der Waals surface area contributed by atoms with E-state index in [-0.39, 0.29) is 5.91 Å². The lowest BCUT2D eigenvalue weighted by atomic mass is 9.99. The van der Waals surface area contributed by atoms with Gasteiger partial charge in [0, 0.05) is 41.8 Å². The summed E-state index contributed by atoms with van der Waals surface area (Å²) >= 11 is 12.3. The first kappa shape index (κ1) is 20.0. The average molecular weight is 405 g/mol. The Labute approximate surface area is 171 Å². The van der Waals surface area contributed by atoms with Crippen LogP contribution >= 0.6 is 23.2 Å². The second kappa shape index (κ2) is 9.48. The van der Waals surface area contributed by atoms with Crippen molar-refractivity contribution in [3.63, 3.8) is 0 Å². The highest BCUT2D eigenvalue weighted by atomic mass is 35.5. The van der Waals surface area contributed by atoms with E-state index >= 15 is 0 Å². The third-order valence-electron chi connectivity index (χ3n) is 5.11. The van der Waals surface area contributed by atoms with E-state index in [1.165, 1.54) is 18.5 Å². The van der Waals surface area contributed by atoms with Crippen molar-refractivity contribution in [2.45, 2.75) is 39.2 Å². The second-order valence-corrected chi connectivity index (χ2v) is 8.15. The number of nitrogens with one attached hydrogen (secondary N) is 1. The van der Waals surface area contributed by atoms with Crippen LogP contribution in [-0.2, 0) is 17.8 Å². The van der Waals surface area contributed by atoms with Gasteiger partial charge in [-0.25, -0.2) is 0 Å². The highest BCUT2D eigenvalue weighted by Gasteiger charge is 2.16. The molecular weight excluding hydrogens is 379 g/mol. The van der Waals surface area contributed by atoms with E-state index in [1.54, 1.807) is 12.1 Å². The van der Waals surface area contributed by atoms with Gasteiger partial charge in [0.15, 0.2) is 0 Å². The first-order chi connectivity index (χ1) is 13.0. The highest BCUT2D eigenvalue weighted by Crippen LogP contribution is 2.25. The molecule has 1 heterocycles. The molecule has 1 atom stereocenters. The quantitative estimate of drug-likeness (QED) is 0.690. The molecule has 2 aromatic rings. The molecule has 1 N–H and O–H groups in total. The molecule has 27 heavy (non-hydrogen) atoms. The fraction of sp³-hybridized carbons (Fsp3) is 0.409. The van der Waals surface area contributed by atoms with Gasteiger partial charge in [0.25, 0.3) is 0 Å². The van der Waals surface area contributed by atoms with Crippen LogP contribution in [-0.4, -0.2) is 19.0 Å². The van der Waals surface area contributed by atoms with Crippen molar-refractivity contribution in [1.82, 2.24) is 5.32 Å². The van der Waals surface area contributed by atoms with E-state index in [0.717, 1.165) is 30.1 Å². The molecule has 0 aromatic heterocycles. The molecule has 0 bridgehead atoms. The minimum Gasteiger partial charge on any atom is -0.371 e. The van der Waals surface area contributed by atoms with Crippen molar-refractivity contribution in [2.24, 2.45) is 5.92 Å². The SMILES string of the molecule is C[C@@H]1CCCN(c2ccc(CNC(=O)CCc3c(Cl)cccc3Cl)cc2)C1. The standard InChI is InChI=1S/C22H26Cl2N2O/c1-16-4-3-13-26(15-16)18-9-7-17(8-10-18)14-25-22(27)12-11-19-20(23)5-2-6-21(19)24/h2,5-10,16H,3-4,11-15H2,1H3,(H,25,27)/t16-/m1/s1. The molecule has 144 valence electrons. The molecule has 1 amide bonds. The van der Waals surface area contributed by atoms with Crippen LogP contribution in [0.25, 0.3) is 0 Å². The maximum atomic E-state index is 12.2. The number of hydrogen-bond acceptors (Lipinski definition) is 2. The van der Waals surface area contributed by atoms with Crippen LogP contribution in [0.1, 0.15) is 37.3 Å². The predicted octanol–water partition coefficient (Wildman–Crippen LogP) is 5.48. The van der Waals surface area contributed by atoms with Crippen molar-refractivity contribution in [3.05, 3.63) is 63.6 Å². The van der Waals surface area contributed by atoms with E-state index < -0.39 is 0 Å². The van der Waals surface area contributed by atoms with E-state index in [1.807, 2.05) is 6.07 Å². The maximum Gasteiger partial charge on any atom is 0.220 e. The third kappa shape index (κ3) is 5.63. The molecule has 1 aliphatic heterocycles. The third-order valence-corrected chi connectivity index (χ3v) is 5.82. The van der Waals surface area contributed by atoms with E-state index in [9.17, 15) is 4.79 Å². The minimum absolute atomic E-state index is 0.0000757. The molecule has 3 rings (SSSR count). The predicted molar refractivity (Wildman–Crippen MR) is 114 cm³/mol. The van der Waals surface area contributed by atoms with Gasteiger partial charge in [-0.2, -0.15) is 0 Å². The molecule has 1 fully saturated rings. The van der Waals surface area contributed by atoms with Gasteiger partial charge in [-0.05, 0) is 60.6 Å². The molecule has 0 saturated carbocycles.